The molecule has 20 heavy (non-hydrogen) atoms. The second-order valence-corrected chi connectivity index (χ2v) is 4.57. The highest BCUT2D eigenvalue weighted by Gasteiger charge is 2.27. The van der Waals surface area contributed by atoms with Crippen molar-refractivity contribution in [2.24, 2.45) is 0 Å². The third-order valence-electron chi connectivity index (χ3n) is 2.88. The molecule has 0 aromatic heterocycles. The van der Waals surface area contributed by atoms with Gasteiger partial charge >= 0.3 is 5.97 Å². The molecule has 0 amide bonds. The van der Waals surface area contributed by atoms with E-state index in [-0.39, 0.29) is 5.03 Å². The van der Waals surface area contributed by atoms with Crippen LogP contribution < -0.4 is 0 Å². The lowest BCUT2D eigenvalue weighted by Crippen LogP contribution is -1.92. The molecule has 0 spiro atoms. The summed E-state index contributed by atoms with van der Waals surface area (Å²) in [4.78, 5) is 11.7. The van der Waals surface area contributed by atoms with Gasteiger partial charge in [-0.25, -0.2) is 4.79 Å². The lowest BCUT2D eigenvalue weighted by molar-refractivity contribution is 0.0715. The first-order valence-corrected chi connectivity index (χ1v) is 6.42. The van der Waals surface area contributed by atoms with E-state index in [1.165, 1.54) is 0 Å². The number of rotatable bonds is 0. The maximum absolute atomic E-state index is 11.7. The van der Waals surface area contributed by atoms with Crippen molar-refractivity contribution in [2.45, 2.75) is 0 Å². The highest BCUT2D eigenvalue weighted by molar-refractivity contribution is 6.35. The molecule has 0 aliphatic carbocycles. The molecule has 1 aliphatic heterocycles. The van der Waals surface area contributed by atoms with E-state index in [0.717, 1.165) is 5.56 Å². The van der Waals surface area contributed by atoms with Crippen LogP contribution in [0.3, 0.4) is 0 Å². The molecule has 1 aliphatic rings. The Kier molecular flexibility index (Phi) is 3.28. The van der Waals surface area contributed by atoms with Crippen molar-refractivity contribution in [3.63, 3.8) is 0 Å². The van der Waals surface area contributed by atoms with Gasteiger partial charge in [-0.3, -0.25) is 0 Å². The highest BCUT2D eigenvalue weighted by atomic mass is 35.5. The molecule has 0 radical (unpaired) electrons. The standard InChI is InChI=1S/C17H9ClO2/c18-15(11-10-12-6-2-1-3-7-12)16-13-8-4-5-9-14(13)17(19)20-16/h1-9H/b16-15+. The molecular weight excluding hydrogens is 272 g/mol. The molecule has 0 atom stereocenters. The first kappa shape index (κ1) is 12.5. The Balaban J connectivity index is 2.01. The molecule has 96 valence electrons. The topological polar surface area (TPSA) is 26.3 Å². The summed E-state index contributed by atoms with van der Waals surface area (Å²) in [7, 11) is 0. The fourth-order valence-electron chi connectivity index (χ4n) is 1.93. The van der Waals surface area contributed by atoms with Gasteiger partial charge < -0.3 is 4.74 Å². The average molecular weight is 281 g/mol. The Labute approximate surface area is 121 Å². The number of halogens is 1. The number of fused-ring (bicyclic) bond motifs is 1. The van der Waals surface area contributed by atoms with Gasteiger partial charge in [-0.05, 0) is 24.1 Å². The summed E-state index contributed by atoms with van der Waals surface area (Å²) < 4.78 is 5.19. The second-order valence-electron chi connectivity index (χ2n) is 4.19. The van der Waals surface area contributed by atoms with E-state index in [4.69, 9.17) is 16.3 Å². The van der Waals surface area contributed by atoms with Gasteiger partial charge in [0.05, 0.1) is 5.56 Å². The number of carbonyl (C=O) groups excluding carboxylic acids is 1. The van der Waals surface area contributed by atoms with E-state index in [2.05, 4.69) is 11.8 Å². The van der Waals surface area contributed by atoms with E-state index in [0.29, 0.717) is 16.9 Å². The number of esters is 1. The van der Waals surface area contributed by atoms with Crippen LogP contribution in [-0.4, -0.2) is 5.97 Å². The van der Waals surface area contributed by atoms with Gasteiger partial charge in [0, 0.05) is 11.1 Å². The van der Waals surface area contributed by atoms with Crippen LogP contribution in [0.15, 0.2) is 59.6 Å². The number of hydrogen-bond donors (Lipinski definition) is 0. The Morgan fingerprint density at radius 1 is 0.950 bits per heavy atom. The molecule has 0 bridgehead atoms. The summed E-state index contributed by atoms with van der Waals surface area (Å²) in [6, 6.07) is 16.6. The first-order valence-electron chi connectivity index (χ1n) is 6.04. The molecule has 0 saturated carbocycles. The minimum absolute atomic E-state index is 0.229. The molecule has 2 nitrogen and oxygen atoms in total. The number of ether oxygens (including phenoxy) is 1. The minimum Gasteiger partial charge on any atom is -0.420 e. The average Bonchev–Trinajstić information content (AvgIpc) is 2.84. The zero-order valence-electron chi connectivity index (χ0n) is 10.4. The van der Waals surface area contributed by atoms with Crippen molar-refractivity contribution in [2.75, 3.05) is 0 Å². The molecule has 0 fully saturated rings. The number of benzene rings is 2. The van der Waals surface area contributed by atoms with Gasteiger partial charge in [0.1, 0.15) is 5.03 Å². The monoisotopic (exact) mass is 280 g/mol. The van der Waals surface area contributed by atoms with E-state index in [9.17, 15) is 4.79 Å². The van der Waals surface area contributed by atoms with E-state index in [1.807, 2.05) is 36.4 Å². The van der Waals surface area contributed by atoms with Gasteiger partial charge in [0.15, 0.2) is 5.76 Å². The summed E-state index contributed by atoms with van der Waals surface area (Å²) in [6.45, 7) is 0. The van der Waals surface area contributed by atoms with Gasteiger partial charge in [-0.15, -0.1) is 0 Å². The summed E-state index contributed by atoms with van der Waals surface area (Å²) in [5.74, 6) is 5.69. The van der Waals surface area contributed by atoms with Crippen LogP contribution in [0.4, 0.5) is 0 Å². The van der Waals surface area contributed by atoms with Crippen molar-refractivity contribution in [3.05, 3.63) is 76.3 Å². The molecule has 1 heterocycles. The van der Waals surface area contributed by atoms with Gasteiger partial charge in [0.25, 0.3) is 0 Å². The minimum atomic E-state index is -0.393. The zero-order chi connectivity index (χ0) is 13.9. The molecule has 0 N–H and O–H groups in total. The molecule has 2 aromatic rings. The van der Waals surface area contributed by atoms with Crippen molar-refractivity contribution in [1.29, 1.82) is 0 Å². The van der Waals surface area contributed by atoms with Crippen LogP contribution in [0.2, 0.25) is 0 Å². The lowest BCUT2D eigenvalue weighted by Gasteiger charge is -1.97. The van der Waals surface area contributed by atoms with E-state index < -0.39 is 5.97 Å². The molecule has 0 unspecified atom stereocenters. The molecule has 0 saturated heterocycles. The molecular formula is C17H9ClO2. The van der Waals surface area contributed by atoms with Crippen molar-refractivity contribution in [1.82, 2.24) is 0 Å². The summed E-state index contributed by atoms with van der Waals surface area (Å²) in [6.07, 6.45) is 0. The summed E-state index contributed by atoms with van der Waals surface area (Å²) >= 11 is 6.16. The number of cyclic esters (lactones) is 1. The highest BCUT2D eigenvalue weighted by Crippen LogP contribution is 2.32. The normalized spacial score (nSPS) is 14.9. The second kappa shape index (κ2) is 5.24. The Bertz CT molecular complexity index is 764. The van der Waals surface area contributed by atoms with E-state index in [1.54, 1.807) is 18.2 Å². The van der Waals surface area contributed by atoms with Crippen LogP contribution in [0.1, 0.15) is 21.5 Å². The van der Waals surface area contributed by atoms with E-state index >= 15 is 0 Å². The van der Waals surface area contributed by atoms with Crippen molar-refractivity contribution in [3.8, 4) is 11.8 Å². The maximum Gasteiger partial charge on any atom is 0.344 e. The van der Waals surface area contributed by atoms with Crippen molar-refractivity contribution >= 4 is 23.3 Å². The predicted molar refractivity (Wildman–Crippen MR) is 78.0 cm³/mol. The number of allylic oxidation sites excluding steroid dienone is 1. The van der Waals surface area contributed by atoms with Crippen LogP contribution in [-0.2, 0) is 4.74 Å². The smallest absolute Gasteiger partial charge is 0.344 e. The third kappa shape index (κ3) is 2.32. The Morgan fingerprint density at radius 2 is 1.60 bits per heavy atom. The zero-order valence-corrected chi connectivity index (χ0v) is 11.1. The quantitative estimate of drug-likeness (QED) is 0.542. The molecule has 2 aromatic carbocycles. The van der Waals surface area contributed by atoms with Crippen LogP contribution in [0.25, 0.3) is 5.76 Å². The lowest BCUT2D eigenvalue weighted by atomic mass is 10.1. The van der Waals surface area contributed by atoms with Crippen LogP contribution in [0, 0.1) is 11.8 Å². The van der Waals surface area contributed by atoms with Gasteiger partial charge in [-0.2, -0.15) is 0 Å². The maximum atomic E-state index is 11.7. The number of hydrogen-bond acceptors (Lipinski definition) is 2. The fourth-order valence-corrected chi connectivity index (χ4v) is 2.12. The number of carbonyl (C=O) groups is 1. The fraction of sp³-hybridized carbons (Fsp3) is 0. The predicted octanol–water partition coefficient (Wildman–Crippen LogP) is 3.82. The largest absolute Gasteiger partial charge is 0.420 e. The van der Waals surface area contributed by atoms with Crippen LogP contribution >= 0.6 is 11.6 Å². The first-order chi connectivity index (χ1) is 9.75. The van der Waals surface area contributed by atoms with Crippen molar-refractivity contribution < 1.29 is 9.53 Å². The molecule has 3 rings (SSSR count). The Morgan fingerprint density at radius 3 is 2.35 bits per heavy atom. The SMILES string of the molecule is O=C1O/C(=C(/Cl)C#Cc2ccccc2)c2ccccc21. The van der Waals surface area contributed by atoms with Crippen LogP contribution in [0.5, 0.6) is 0 Å². The third-order valence-corrected chi connectivity index (χ3v) is 3.14. The summed E-state index contributed by atoms with van der Waals surface area (Å²) in [5.41, 5.74) is 2.05. The molecule has 3 heteroatoms. The van der Waals surface area contributed by atoms with Gasteiger partial charge in [0.2, 0.25) is 0 Å². The van der Waals surface area contributed by atoms with Gasteiger partial charge in [-0.1, -0.05) is 53.9 Å². The summed E-state index contributed by atoms with van der Waals surface area (Å²) in [5, 5.41) is 0.229. The Hall–Kier alpha value is -2.50.